The van der Waals surface area contributed by atoms with E-state index in [4.69, 9.17) is 17.3 Å². The summed E-state index contributed by atoms with van der Waals surface area (Å²) in [5.41, 5.74) is 6.44. The first-order valence-electron chi connectivity index (χ1n) is 5.18. The minimum Gasteiger partial charge on any atom is -0.398 e. The van der Waals surface area contributed by atoms with Crippen LogP contribution in [-0.2, 0) is 16.6 Å². The largest absolute Gasteiger partial charge is 0.398 e. The van der Waals surface area contributed by atoms with E-state index in [-0.39, 0.29) is 22.3 Å². The summed E-state index contributed by atoms with van der Waals surface area (Å²) in [5.74, 6) is 0.233. The molecule has 10 heteroatoms. The number of nitrogens with zero attached hydrogens (tertiary/aromatic N) is 3. The lowest BCUT2D eigenvalue weighted by Gasteiger charge is -2.10. The van der Waals surface area contributed by atoms with Crippen molar-refractivity contribution in [2.24, 2.45) is 0 Å². The number of aromatic nitrogens is 4. The highest BCUT2D eigenvalue weighted by atomic mass is 35.5. The Morgan fingerprint density at radius 1 is 1.47 bits per heavy atom. The van der Waals surface area contributed by atoms with E-state index in [9.17, 15) is 8.42 Å². The molecule has 0 saturated heterocycles. The first-order chi connectivity index (χ1) is 8.90. The third-order valence-corrected chi connectivity index (χ3v) is 4.21. The zero-order valence-corrected chi connectivity index (χ0v) is 11.5. The van der Waals surface area contributed by atoms with E-state index in [1.165, 1.54) is 12.1 Å². The Balaban J connectivity index is 2.29. The third-order valence-electron chi connectivity index (χ3n) is 2.46. The van der Waals surface area contributed by atoms with E-state index in [0.717, 1.165) is 0 Å². The van der Waals surface area contributed by atoms with Gasteiger partial charge in [-0.3, -0.25) is 0 Å². The Labute approximate surface area is 114 Å². The van der Waals surface area contributed by atoms with Gasteiger partial charge in [0.2, 0.25) is 10.0 Å². The molecule has 4 N–H and O–H groups in total. The first kappa shape index (κ1) is 13.7. The number of aromatic amines is 1. The summed E-state index contributed by atoms with van der Waals surface area (Å²) < 4.78 is 26.6. The van der Waals surface area contributed by atoms with Gasteiger partial charge in [0.15, 0.2) is 5.82 Å². The molecule has 0 spiro atoms. The molecule has 1 heterocycles. The number of benzene rings is 1. The Morgan fingerprint density at radius 3 is 2.84 bits per heavy atom. The molecule has 102 valence electrons. The van der Waals surface area contributed by atoms with Crippen LogP contribution in [0, 0.1) is 6.92 Å². The van der Waals surface area contributed by atoms with E-state index in [0.29, 0.717) is 11.3 Å². The van der Waals surface area contributed by atoms with Crippen LogP contribution in [-0.4, -0.2) is 29.0 Å². The molecular formula is C9H11ClN6O2S. The van der Waals surface area contributed by atoms with Crippen molar-refractivity contribution >= 4 is 27.3 Å². The Bertz CT molecular complexity index is 685. The van der Waals surface area contributed by atoms with E-state index < -0.39 is 10.0 Å². The summed E-state index contributed by atoms with van der Waals surface area (Å²) in [6.07, 6.45) is 0. The number of nitrogens with two attached hydrogens (primary N) is 1. The highest BCUT2D eigenvalue weighted by Crippen LogP contribution is 2.25. The lowest BCUT2D eigenvalue weighted by atomic mass is 10.2. The van der Waals surface area contributed by atoms with E-state index >= 15 is 0 Å². The van der Waals surface area contributed by atoms with Crippen LogP contribution in [0.1, 0.15) is 11.4 Å². The average molecular weight is 303 g/mol. The standard InChI is InChI=1S/C9H11ClN6O2S/c1-5-7(11)2-6(10)3-8(5)19(17,18)12-4-9-13-15-16-14-9/h2-3,12H,4,11H2,1H3,(H,13,14,15,16). The van der Waals surface area contributed by atoms with Crippen LogP contribution in [0.4, 0.5) is 5.69 Å². The Hall–Kier alpha value is -1.71. The molecule has 0 aliphatic rings. The van der Waals surface area contributed by atoms with Gasteiger partial charge in [-0.25, -0.2) is 13.1 Å². The second-order valence-electron chi connectivity index (χ2n) is 3.77. The highest BCUT2D eigenvalue weighted by Gasteiger charge is 2.19. The molecule has 0 bridgehead atoms. The van der Waals surface area contributed by atoms with Gasteiger partial charge < -0.3 is 5.73 Å². The van der Waals surface area contributed by atoms with Gasteiger partial charge >= 0.3 is 0 Å². The predicted octanol–water partition coefficient (Wildman–Crippen LogP) is 0.222. The van der Waals surface area contributed by atoms with Crippen molar-refractivity contribution in [3.8, 4) is 0 Å². The van der Waals surface area contributed by atoms with Crippen LogP contribution in [0.5, 0.6) is 0 Å². The maximum Gasteiger partial charge on any atom is 0.241 e. The van der Waals surface area contributed by atoms with Crippen molar-refractivity contribution < 1.29 is 8.42 Å². The van der Waals surface area contributed by atoms with Crippen LogP contribution in [0.3, 0.4) is 0 Å². The number of rotatable bonds is 4. The molecule has 0 aliphatic heterocycles. The average Bonchev–Trinajstić information content (AvgIpc) is 2.84. The Morgan fingerprint density at radius 2 is 2.21 bits per heavy atom. The SMILES string of the molecule is Cc1c(N)cc(Cl)cc1S(=O)(=O)NCc1nn[nH]n1. The lowest BCUT2D eigenvalue weighted by molar-refractivity contribution is 0.578. The minimum atomic E-state index is -3.75. The molecule has 0 radical (unpaired) electrons. The lowest BCUT2D eigenvalue weighted by Crippen LogP contribution is -2.25. The molecule has 0 aliphatic carbocycles. The topological polar surface area (TPSA) is 127 Å². The summed E-state index contributed by atoms with van der Waals surface area (Å²) in [4.78, 5) is 0.0287. The molecule has 8 nitrogen and oxygen atoms in total. The molecule has 0 unspecified atom stereocenters. The smallest absolute Gasteiger partial charge is 0.241 e. The van der Waals surface area contributed by atoms with Crippen LogP contribution in [0.25, 0.3) is 0 Å². The van der Waals surface area contributed by atoms with Gasteiger partial charge in [-0.15, -0.1) is 10.2 Å². The van der Waals surface area contributed by atoms with E-state index in [2.05, 4.69) is 25.3 Å². The minimum absolute atomic E-state index is 0.0287. The summed E-state index contributed by atoms with van der Waals surface area (Å²) in [6, 6.07) is 2.83. The zero-order chi connectivity index (χ0) is 14.0. The van der Waals surface area contributed by atoms with Gasteiger partial charge in [-0.2, -0.15) is 5.21 Å². The van der Waals surface area contributed by atoms with Gasteiger partial charge in [-0.1, -0.05) is 16.8 Å². The van der Waals surface area contributed by atoms with Gasteiger partial charge in [0.1, 0.15) is 0 Å². The monoisotopic (exact) mass is 302 g/mol. The normalized spacial score (nSPS) is 11.7. The number of hydrogen-bond acceptors (Lipinski definition) is 6. The van der Waals surface area contributed by atoms with Gasteiger partial charge in [-0.05, 0) is 24.6 Å². The molecule has 0 fully saturated rings. The second kappa shape index (κ2) is 5.11. The number of hydrogen-bond donors (Lipinski definition) is 3. The molecule has 0 amide bonds. The highest BCUT2D eigenvalue weighted by molar-refractivity contribution is 7.89. The fourth-order valence-corrected chi connectivity index (χ4v) is 3.02. The molecule has 0 atom stereocenters. The fraction of sp³-hybridized carbons (Fsp3) is 0.222. The molecular weight excluding hydrogens is 292 g/mol. The number of sulfonamides is 1. The second-order valence-corrected chi connectivity index (χ2v) is 5.94. The molecule has 1 aromatic heterocycles. The van der Waals surface area contributed by atoms with Crippen molar-refractivity contribution in [1.82, 2.24) is 25.3 Å². The van der Waals surface area contributed by atoms with E-state index in [1.807, 2.05) is 0 Å². The van der Waals surface area contributed by atoms with Crippen molar-refractivity contribution in [1.29, 1.82) is 0 Å². The van der Waals surface area contributed by atoms with Crippen molar-refractivity contribution in [3.05, 3.63) is 28.5 Å². The maximum atomic E-state index is 12.1. The number of anilines is 1. The number of halogens is 1. The quantitative estimate of drug-likeness (QED) is 0.693. The van der Waals surface area contributed by atoms with Crippen molar-refractivity contribution in [2.75, 3.05) is 5.73 Å². The first-order valence-corrected chi connectivity index (χ1v) is 7.04. The molecule has 2 rings (SSSR count). The summed E-state index contributed by atoms with van der Waals surface area (Å²) in [7, 11) is -3.75. The number of tetrazole rings is 1. The third kappa shape index (κ3) is 3.00. The van der Waals surface area contributed by atoms with Gasteiger partial charge in [0.05, 0.1) is 11.4 Å². The van der Waals surface area contributed by atoms with Crippen LogP contribution < -0.4 is 10.5 Å². The van der Waals surface area contributed by atoms with Crippen molar-refractivity contribution in [2.45, 2.75) is 18.4 Å². The fourth-order valence-electron chi connectivity index (χ4n) is 1.45. The van der Waals surface area contributed by atoms with E-state index in [1.54, 1.807) is 6.92 Å². The van der Waals surface area contributed by atoms with Gasteiger partial charge in [0.25, 0.3) is 0 Å². The van der Waals surface area contributed by atoms with Crippen LogP contribution in [0.2, 0.25) is 5.02 Å². The zero-order valence-electron chi connectivity index (χ0n) is 9.88. The summed E-state index contributed by atoms with van der Waals surface area (Å²) >= 11 is 5.82. The maximum absolute atomic E-state index is 12.1. The molecule has 1 aromatic carbocycles. The van der Waals surface area contributed by atoms with Gasteiger partial charge in [0, 0.05) is 10.7 Å². The van der Waals surface area contributed by atoms with Crippen LogP contribution in [0.15, 0.2) is 17.0 Å². The van der Waals surface area contributed by atoms with Crippen LogP contribution >= 0.6 is 11.6 Å². The molecule has 2 aromatic rings. The number of nitrogens with one attached hydrogen (secondary N) is 2. The predicted molar refractivity (Wildman–Crippen MR) is 68.8 cm³/mol. The molecule has 0 saturated carbocycles. The van der Waals surface area contributed by atoms with Crippen molar-refractivity contribution in [3.63, 3.8) is 0 Å². The number of nitrogen functional groups attached to an aromatic ring is 1. The molecule has 19 heavy (non-hydrogen) atoms. The summed E-state index contributed by atoms with van der Waals surface area (Å²) in [5, 5.41) is 13.1. The number of H-pyrrole nitrogens is 1. The Kier molecular flexibility index (Phi) is 3.69. The summed E-state index contributed by atoms with van der Waals surface area (Å²) in [6.45, 7) is 1.53.